The minimum Gasteiger partial charge on any atom is -0.394 e. The van der Waals surface area contributed by atoms with E-state index in [-0.39, 0.29) is 33.0 Å². The Kier molecular flexibility index (Phi) is 19.9. The standard InChI is InChI=1S/C48H64O21/c1-2-18-60-40-33(52)29(19-49)64-46(36(40)55)67-41-34(53)30(20-50)65-47(37(41)56)68-42-35(54)31(21-51)66-48(38(42)57)69-44-43(62-24-28-16-10-5-11-17-28)39(61-23-27-14-8-4-9-15-27)32(63-45(44)58)25-59-22-26-12-6-3-7-13-26/h2-17,29-58H,1,18-25H2/t29?,30?,31?,32?,33-,34-,35-,36?,37?,38?,39-,40+,41+,42+,43-,44?,45+,46-,47-,48-/m1/s1. The van der Waals surface area contributed by atoms with Crippen molar-refractivity contribution in [1.82, 2.24) is 0 Å². The van der Waals surface area contributed by atoms with E-state index in [1.54, 1.807) is 0 Å². The molecular formula is C48H64O21. The molecule has 4 aliphatic heterocycles. The zero-order chi connectivity index (χ0) is 49.0. The summed E-state index contributed by atoms with van der Waals surface area (Å²) in [7, 11) is 0. The molecule has 0 radical (unpaired) electrons. The molecule has 0 amide bonds. The van der Waals surface area contributed by atoms with Crippen molar-refractivity contribution in [2.24, 2.45) is 0 Å². The maximum absolute atomic E-state index is 11.9. The molecule has 10 N–H and O–H groups in total. The molecule has 0 saturated carbocycles. The highest BCUT2D eigenvalue weighted by molar-refractivity contribution is 5.16. The minimum atomic E-state index is -2.02. The van der Waals surface area contributed by atoms with Crippen molar-refractivity contribution < 1.29 is 103 Å². The summed E-state index contributed by atoms with van der Waals surface area (Å²) in [6.07, 6.45) is -30.9. The zero-order valence-electron chi connectivity index (χ0n) is 37.6. The van der Waals surface area contributed by atoms with E-state index in [9.17, 15) is 51.1 Å². The van der Waals surface area contributed by atoms with Gasteiger partial charge in [0.1, 0.15) is 97.7 Å². The van der Waals surface area contributed by atoms with Crippen molar-refractivity contribution in [2.75, 3.05) is 33.0 Å². The maximum atomic E-state index is 11.9. The van der Waals surface area contributed by atoms with E-state index >= 15 is 0 Å². The SMILES string of the molecule is C=CCO[C@@H]1C(O)[C@@H](O[C@@H]2C(O)[C@@H](O[C@@H]3C(O)[C@@H](OC4[C@@H](O)OC(COCc5ccccc5)[C@@H](OCc5ccccc5)[C@H]4OCc4ccccc4)OC(CO)[C@H]3O)OC(CO)[C@H]2O)OC(CO)[C@H]1O. The third-order valence-corrected chi connectivity index (χ3v) is 12.3. The fourth-order valence-corrected chi connectivity index (χ4v) is 8.62. The molecule has 0 bridgehead atoms. The number of hydrogen-bond acceptors (Lipinski definition) is 21. The Labute approximate surface area is 398 Å². The summed E-state index contributed by atoms with van der Waals surface area (Å²) in [5.41, 5.74) is 2.47. The van der Waals surface area contributed by atoms with Crippen LogP contribution in [0, 0.1) is 0 Å². The predicted octanol–water partition coefficient (Wildman–Crippen LogP) is -1.86. The van der Waals surface area contributed by atoms with E-state index in [1.165, 1.54) is 6.08 Å². The molecule has 21 nitrogen and oxygen atoms in total. The average molecular weight is 977 g/mol. The Morgan fingerprint density at radius 2 is 0.812 bits per heavy atom. The van der Waals surface area contributed by atoms with Crippen LogP contribution in [-0.4, -0.2) is 207 Å². The summed E-state index contributed by atoms with van der Waals surface area (Å²) >= 11 is 0. The largest absolute Gasteiger partial charge is 0.394 e. The topological polar surface area (TPSA) is 304 Å². The van der Waals surface area contributed by atoms with Crippen LogP contribution >= 0.6 is 0 Å². The first-order valence-electron chi connectivity index (χ1n) is 22.8. The lowest BCUT2D eigenvalue weighted by Gasteiger charge is -2.49. The molecule has 4 fully saturated rings. The molecule has 8 unspecified atom stereocenters. The number of ether oxygens (including phenoxy) is 11. The van der Waals surface area contributed by atoms with Crippen LogP contribution < -0.4 is 0 Å². The van der Waals surface area contributed by atoms with E-state index in [0.717, 1.165) is 16.7 Å². The molecule has 21 heteroatoms. The fraction of sp³-hybridized carbons (Fsp3) is 0.583. The highest BCUT2D eigenvalue weighted by Gasteiger charge is 2.56. The van der Waals surface area contributed by atoms with Crippen molar-refractivity contribution in [3.63, 3.8) is 0 Å². The lowest BCUT2D eigenvalue weighted by Crippen LogP contribution is -2.68. The van der Waals surface area contributed by atoms with E-state index in [1.807, 2.05) is 91.0 Å². The molecule has 4 aliphatic rings. The van der Waals surface area contributed by atoms with Crippen molar-refractivity contribution in [1.29, 1.82) is 0 Å². The van der Waals surface area contributed by atoms with Gasteiger partial charge in [-0.15, -0.1) is 6.58 Å². The Balaban J connectivity index is 1.12. The zero-order valence-corrected chi connectivity index (χ0v) is 37.6. The monoisotopic (exact) mass is 976 g/mol. The van der Waals surface area contributed by atoms with Gasteiger partial charge in [-0.25, -0.2) is 0 Å². The van der Waals surface area contributed by atoms with Crippen molar-refractivity contribution in [3.05, 3.63) is 120 Å². The number of aliphatic hydroxyl groups is 10. The molecule has 3 aromatic rings. The number of rotatable bonds is 22. The van der Waals surface area contributed by atoms with Crippen LogP contribution in [0.2, 0.25) is 0 Å². The van der Waals surface area contributed by atoms with Crippen LogP contribution in [0.25, 0.3) is 0 Å². The molecule has 0 aliphatic carbocycles. The van der Waals surface area contributed by atoms with E-state index in [0.29, 0.717) is 0 Å². The van der Waals surface area contributed by atoms with E-state index in [4.69, 9.17) is 52.1 Å². The second kappa shape index (κ2) is 25.8. The normalized spacial score (nSPS) is 38.4. The summed E-state index contributed by atoms with van der Waals surface area (Å²) < 4.78 is 66.2. The van der Waals surface area contributed by atoms with Crippen LogP contribution in [0.3, 0.4) is 0 Å². The molecule has 3 aromatic carbocycles. The van der Waals surface area contributed by atoms with Gasteiger partial charge in [-0.1, -0.05) is 97.1 Å². The number of aliphatic hydroxyl groups excluding tert-OH is 10. The Bertz CT molecular complexity index is 1940. The van der Waals surface area contributed by atoms with Gasteiger partial charge in [0.25, 0.3) is 0 Å². The second-order valence-corrected chi connectivity index (χ2v) is 17.1. The Morgan fingerprint density at radius 1 is 0.420 bits per heavy atom. The summed E-state index contributed by atoms with van der Waals surface area (Å²) in [4.78, 5) is 0. The first-order valence-corrected chi connectivity index (χ1v) is 22.8. The highest BCUT2D eigenvalue weighted by atomic mass is 16.8. The average Bonchev–Trinajstić information content (AvgIpc) is 3.36. The lowest BCUT2D eigenvalue weighted by atomic mass is 9.95. The van der Waals surface area contributed by atoms with Gasteiger partial charge in [0.05, 0.1) is 52.9 Å². The van der Waals surface area contributed by atoms with Crippen molar-refractivity contribution in [3.8, 4) is 0 Å². The summed E-state index contributed by atoms with van der Waals surface area (Å²) in [5, 5.41) is 110. The highest BCUT2D eigenvalue weighted by Crippen LogP contribution is 2.36. The van der Waals surface area contributed by atoms with Gasteiger partial charge in [0, 0.05) is 0 Å². The maximum Gasteiger partial charge on any atom is 0.187 e. The molecule has 382 valence electrons. The van der Waals surface area contributed by atoms with Crippen LogP contribution in [0.4, 0.5) is 0 Å². The molecule has 4 saturated heterocycles. The minimum absolute atomic E-state index is 0.00333. The third kappa shape index (κ3) is 13.2. The summed E-state index contributed by atoms with van der Waals surface area (Å²) in [6.45, 7) is 1.20. The number of hydrogen-bond donors (Lipinski definition) is 10. The summed E-state index contributed by atoms with van der Waals surface area (Å²) in [6, 6.07) is 27.9. The Hall–Kier alpha value is -3.44. The van der Waals surface area contributed by atoms with Gasteiger partial charge in [0.2, 0.25) is 0 Å². The van der Waals surface area contributed by atoms with Crippen LogP contribution in [0.1, 0.15) is 16.7 Å². The van der Waals surface area contributed by atoms with Crippen LogP contribution in [0.5, 0.6) is 0 Å². The summed E-state index contributed by atoms with van der Waals surface area (Å²) in [5.74, 6) is 0. The van der Waals surface area contributed by atoms with Crippen LogP contribution in [0.15, 0.2) is 104 Å². The van der Waals surface area contributed by atoms with Gasteiger partial charge in [-0.05, 0) is 16.7 Å². The van der Waals surface area contributed by atoms with E-state index < -0.39 is 143 Å². The molecule has 69 heavy (non-hydrogen) atoms. The smallest absolute Gasteiger partial charge is 0.187 e. The predicted molar refractivity (Wildman–Crippen MR) is 235 cm³/mol. The molecule has 0 aromatic heterocycles. The van der Waals surface area contributed by atoms with Crippen LogP contribution in [-0.2, 0) is 71.9 Å². The molecule has 4 heterocycles. The fourth-order valence-electron chi connectivity index (χ4n) is 8.62. The first-order chi connectivity index (χ1) is 33.5. The number of benzene rings is 3. The van der Waals surface area contributed by atoms with Crippen molar-refractivity contribution in [2.45, 2.75) is 143 Å². The lowest BCUT2D eigenvalue weighted by molar-refractivity contribution is -0.394. The van der Waals surface area contributed by atoms with E-state index in [2.05, 4.69) is 6.58 Å². The van der Waals surface area contributed by atoms with Crippen molar-refractivity contribution >= 4 is 0 Å². The van der Waals surface area contributed by atoms with Gasteiger partial charge in [-0.2, -0.15) is 0 Å². The quantitative estimate of drug-likeness (QED) is 0.0494. The van der Waals surface area contributed by atoms with Gasteiger partial charge in [0.15, 0.2) is 25.2 Å². The molecule has 0 spiro atoms. The first kappa shape index (κ1) is 53.4. The Morgan fingerprint density at radius 3 is 1.25 bits per heavy atom. The molecule has 7 rings (SSSR count). The molecular weight excluding hydrogens is 913 g/mol. The van der Waals surface area contributed by atoms with Gasteiger partial charge >= 0.3 is 0 Å². The van der Waals surface area contributed by atoms with Gasteiger partial charge in [-0.3, -0.25) is 0 Å². The molecule has 20 atom stereocenters. The third-order valence-electron chi connectivity index (χ3n) is 12.3. The van der Waals surface area contributed by atoms with Gasteiger partial charge < -0.3 is 103 Å². The second-order valence-electron chi connectivity index (χ2n) is 17.1.